The van der Waals surface area contributed by atoms with E-state index in [4.69, 9.17) is 10.5 Å². The highest BCUT2D eigenvalue weighted by atomic mass is 16.5. The zero-order chi connectivity index (χ0) is 14.9. The van der Waals surface area contributed by atoms with E-state index >= 15 is 0 Å². The lowest BCUT2D eigenvalue weighted by molar-refractivity contribution is 0.102. The minimum absolute atomic E-state index is 0.229. The third kappa shape index (κ3) is 2.45. The molecule has 0 fully saturated rings. The Morgan fingerprint density at radius 1 is 1.40 bits per heavy atom. The van der Waals surface area contributed by atoms with E-state index in [1.54, 1.807) is 44.0 Å². The number of nitrogen functional groups attached to an aromatic ring is 1. The molecule has 106 valence electrons. The Hall–Kier alpha value is -2.50. The summed E-state index contributed by atoms with van der Waals surface area (Å²) in [6.07, 6.45) is 0. The molecule has 0 aliphatic carbocycles. The summed E-state index contributed by atoms with van der Waals surface area (Å²) in [5, 5.41) is 7.03. The molecule has 0 aliphatic heterocycles. The van der Waals surface area contributed by atoms with Crippen LogP contribution in [0.5, 0.6) is 5.75 Å². The zero-order valence-electron chi connectivity index (χ0n) is 12.0. The fourth-order valence-electron chi connectivity index (χ4n) is 2.06. The number of rotatable bonds is 3. The molecule has 20 heavy (non-hydrogen) atoms. The van der Waals surface area contributed by atoms with Gasteiger partial charge in [0.25, 0.3) is 5.91 Å². The fraction of sp³-hybridized carbons (Fsp3) is 0.286. The number of nitrogens with two attached hydrogens (primary N) is 1. The molecular formula is C14H18N4O2. The molecule has 1 amide bonds. The molecule has 2 aromatic rings. The highest BCUT2D eigenvalue weighted by Gasteiger charge is 2.18. The lowest BCUT2D eigenvalue weighted by Crippen LogP contribution is -2.15. The smallest absolute Gasteiger partial charge is 0.259 e. The van der Waals surface area contributed by atoms with Crippen molar-refractivity contribution in [2.24, 2.45) is 7.05 Å². The Labute approximate surface area is 117 Å². The van der Waals surface area contributed by atoms with Crippen molar-refractivity contribution in [3.8, 4) is 5.75 Å². The van der Waals surface area contributed by atoms with E-state index in [1.807, 2.05) is 6.92 Å². The number of benzene rings is 1. The average molecular weight is 274 g/mol. The van der Waals surface area contributed by atoms with E-state index < -0.39 is 0 Å². The third-order valence-corrected chi connectivity index (χ3v) is 3.24. The molecule has 0 spiro atoms. The molecule has 6 nitrogen and oxygen atoms in total. The second-order valence-electron chi connectivity index (χ2n) is 4.58. The van der Waals surface area contributed by atoms with Crippen molar-refractivity contribution >= 4 is 17.3 Å². The van der Waals surface area contributed by atoms with Gasteiger partial charge in [-0.3, -0.25) is 9.48 Å². The van der Waals surface area contributed by atoms with Crippen molar-refractivity contribution in [2.75, 3.05) is 18.2 Å². The number of nitrogens with zero attached hydrogens (tertiary/aromatic N) is 2. The van der Waals surface area contributed by atoms with Crippen LogP contribution in [-0.4, -0.2) is 22.8 Å². The van der Waals surface area contributed by atoms with Gasteiger partial charge in [0.15, 0.2) is 0 Å². The minimum atomic E-state index is -0.229. The second-order valence-corrected chi connectivity index (χ2v) is 4.58. The van der Waals surface area contributed by atoms with Crippen molar-refractivity contribution in [3.63, 3.8) is 0 Å². The summed E-state index contributed by atoms with van der Waals surface area (Å²) in [5.74, 6) is 0.405. The van der Waals surface area contributed by atoms with E-state index in [0.29, 0.717) is 28.4 Å². The Morgan fingerprint density at radius 3 is 2.65 bits per heavy atom. The lowest BCUT2D eigenvalue weighted by atomic mass is 10.1. The predicted molar refractivity (Wildman–Crippen MR) is 78.0 cm³/mol. The molecule has 0 aliphatic rings. The maximum Gasteiger partial charge on any atom is 0.259 e. The first-order valence-corrected chi connectivity index (χ1v) is 6.19. The first-order valence-electron chi connectivity index (χ1n) is 6.19. The van der Waals surface area contributed by atoms with Gasteiger partial charge in [0.1, 0.15) is 5.75 Å². The van der Waals surface area contributed by atoms with Crippen molar-refractivity contribution in [3.05, 3.63) is 35.2 Å². The van der Waals surface area contributed by atoms with Crippen LogP contribution < -0.4 is 15.8 Å². The Kier molecular flexibility index (Phi) is 3.65. The molecule has 0 atom stereocenters. The van der Waals surface area contributed by atoms with Gasteiger partial charge in [0.2, 0.25) is 0 Å². The monoisotopic (exact) mass is 274 g/mol. The lowest BCUT2D eigenvalue weighted by Gasteiger charge is -2.10. The molecule has 1 aromatic carbocycles. The van der Waals surface area contributed by atoms with Crippen LogP contribution in [0.2, 0.25) is 0 Å². The van der Waals surface area contributed by atoms with E-state index in [1.165, 1.54) is 0 Å². The molecule has 0 saturated heterocycles. The Balaban J connectivity index is 2.32. The van der Waals surface area contributed by atoms with Gasteiger partial charge in [-0.05, 0) is 26.0 Å². The molecule has 1 aromatic heterocycles. The van der Waals surface area contributed by atoms with Crippen molar-refractivity contribution < 1.29 is 9.53 Å². The first-order chi connectivity index (χ1) is 9.43. The topological polar surface area (TPSA) is 82.2 Å². The number of anilines is 2. The zero-order valence-corrected chi connectivity index (χ0v) is 12.0. The summed E-state index contributed by atoms with van der Waals surface area (Å²) < 4.78 is 6.81. The summed E-state index contributed by atoms with van der Waals surface area (Å²) in [6.45, 7) is 3.65. The second kappa shape index (κ2) is 5.24. The van der Waals surface area contributed by atoms with Crippen molar-refractivity contribution in [1.82, 2.24) is 9.78 Å². The van der Waals surface area contributed by atoms with Gasteiger partial charge < -0.3 is 15.8 Å². The summed E-state index contributed by atoms with van der Waals surface area (Å²) in [5.41, 5.74) is 8.93. The fourth-order valence-corrected chi connectivity index (χ4v) is 2.06. The van der Waals surface area contributed by atoms with Gasteiger partial charge in [-0.1, -0.05) is 0 Å². The van der Waals surface area contributed by atoms with Gasteiger partial charge in [-0.15, -0.1) is 0 Å². The maximum absolute atomic E-state index is 12.4. The number of carbonyl (C=O) groups excluding carboxylic acids is 1. The molecule has 2 rings (SSSR count). The number of amides is 1. The van der Waals surface area contributed by atoms with Gasteiger partial charge in [0, 0.05) is 18.8 Å². The number of ether oxygens (including phenoxy) is 1. The quantitative estimate of drug-likeness (QED) is 0.837. The molecule has 0 radical (unpaired) electrons. The first kappa shape index (κ1) is 13.9. The molecular weight excluding hydrogens is 256 g/mol. The number of aromatic nitrogens is 2. The predicted octanol–water partition coefficient (Wildman–Crippen LogP) is 1.88. The molecule has 3 N–H and O–H groups in total. The van der Waals surface area contributed by atoms with Crippen LogP contribution in [0.15, 0.2) is 18.2 Å². The van der Waals surface area contributed by atoms with Crippen LogP contribution in [0.4, 0.5) is 11.4 Å². The highest BCUT2D eigenvalue weighted by molar-refractivity contribution is 6.07. The van der Waals surface area contributed by atoms with Crippen LogP contribution >= 0.6 is 0 Å². The van der Waals surface area contributed by atoms with Crippen LogP contribution in [-0.2, 0) is 7.05 Å². The standard InChI is InChI=1S/C14H18N4O2/c1-8-13(9(2)18(3)17-8)14(19)16-12-7-10(20-4)5-6-11(12)15/h5-7H,15H2,1-4H3,(H,16,19). The summed E-state index contributed by atoms with van der Waals surface area (Å²) in [7, 11) is 3.37. The number of aryl methyl sites for hydroxylation is 2. The average Bonchev–Trinajstić information content (AvgIpc) is 2.66. The number of hydrogen-bond donors (Lipinski definition) is 2. The number of carbonyl (C=O) groups is 1. The van der Waals surface area contributed by atoms with Crippen molar-refractivity contribution in [1.29, 1.82) is 0 Å². The van der Waals surface area contributed by atoms with Crippen LogP contribution in [0.3, 0.4) is 0 Å². The SMILES string of the molecule is COc1ccc(N)c(NC(=O)c2c(C)nn(C)c2C)c1. The molecule has 6 heteroatoms. The van der Waals surface area contributed by atoms with Gasteiger partial charge in [-0.2, -0.15) is 5.10 Å². The maximum atomic E-state index is 12.4. The molecule has 1 heterocycles. The van der Waals surface area contributed by atoms with E-state index in [9.17, 15) is 4.79 Å². The normalized spacial score (nSPS) is 10.4. The Bertz CT molecular complexity index is 661. The highest BCUT2D eigenvalue weighted by Crippen LogP contribution is 2.25. The largest absolute Gasteiger partial charge is 0.497 e. The van der Waals surface area contributed by atoms with Gasteiger partial charge >= 0.3 is 0 Å². The molecule has 0 bridgehead atoms. The number of methoxy groups -OCH3 is 1. The van der Waals surface area contributed by atoms with Gasteiger partial charge in [-0.25, -0.2) is 0 Å². The van der Waals surface area contributed by atoms with E-state index in [0.717, 1.165) is 5.69 Å². The minimum Gasteiger partial charge on any atom is -0.497 e. The summed E-state index contributed by atoms with van der Waals surface area (Å²) in [6, 6.07) is 5.12. The third-order valence-electron chi connectivity index (χ3n) is 3.24. The van der Waals surface area contributed by atoms with E-state index in [2.05, 4.69) is 10.4 Å². The summed E-state index contributed by atoms with van der Waals surface area (Å²) in [4.78, 5) is 12.4. The molecule has 0 saturated carbocycles. The summed E-state index contributed by atoms with van der Waals surface area (Å²) >= 11 is 0. The molecule has 0 unspecified atom stereocenters. The van der Waals surface area contributed by atoms with Gasteiger partial charge in [0.05, 0.1) is 29.7 Å². The van der Waals surface area contributed by atoms with Crippen LogP contribution in [0.1, 0.15) is 21.7 Å². The Morgan fingerprint density at radius 2 is 2.10 bits per heavy atom. The number of hydrogen-bond acceptors (Lipinski definition) is 4. The van der Waals surface area contributed by atoms with Crippen LogP contribution in [0, 0.1) is 13.8 Å². The van der Waals surface area contributed by atoms with E-state index in [-0.39, 0.29) is 5.91 Å². The van der Waals surface area contributed by atoms with Crippen molar-refractivity contribution in [2.45, 2.75) is 13.8 Å². The van der Waals surface area contributed by atoms with Crippen LogP contribution in [0.25, 0.3) is 0 Å². The number of nitrogens with one attached hydrogen (secondary N) is 1.